The van der Waals surface area contributed by atoms with Crippen molar-refractivity contribution in [2.45, 2.75) is 6.18 Å². The lowest BCUT2D eigenvalue weighted by Gasteiger charge is -2.07. The number of hydrogen-bond donors (Lipinski definition) is 2. The van der Waals surface area contributed by atoms with Gasteiger partial charge in [0.1, 0.15) is 11.5 Å². The van der Waals surface area contributed by atoms with Gasteiger partial charge in [0.05, 0.1) is 11.9 Å². The van der Waals surface area contributed by atoms with Gasteiger partial charge in [-0.3, -0.25) is 0 Å². The number of nitrogens with one attached hydrogen (secondary N) is 1. The molecule has 2 aromatic heterocycles. The predicted molar refractivity (Wildman–Crippen MR) is 59.0 cm³/mol. The fourth-order valence-corrected chi connectivity index (χ4v) is 1.19. The van der Waals surface area contributed by atoms with E-state index in [1.165, 1.54) is 12.1 Å². The van der Waals surface area contributed by atoms with Crippen LogP contribution in [0, 0.1) is 0 Å². The summed E-state index contributed by atoms with van der Waals surface area (Å²) < 4.78 is 36.8. The maximum Gasteiger partial charge on any atom is 0.433 e. The average Bonchev–Trinajstić information content (AvgIpc) is 2.32. The molecule has 94 valence electrons. The van der Waals surface area contributed by atoms with E-state index >= 15 is 0 Å². The molecule has 8 heteroatoms. The topological polar surface area (TPSA) is 76.7 Å². The van der Waals surface area contributed by atoms with Gasteiger partial charge in [-0.1, -0.05) is 0 Å². The highest BCUT2D eigenvalue weighted by molar-refractivity contribution is 5.55. The summed E-state index contributed by atoms with van der Waals surface area (Å²) in [5.41, 5.74) is 4.78. The Balaban J connectivity index is 2.13. The fourth-order valence-electron chi connectivity index (χ4n) is 1.19. The van der Waals surface area contributed by atoms with Gasteiger partial charge in [-0.2, -0.15) is 13.2 Å². The van der Waals surface area contributed by atoms with E-state index in [1.807, 2.05) is 0 Å². The molecule has 2 heterocycles. The van der Waals surface area contributed by atoms with E-state index in [-0.39, 0.29) is 5.82 Å². The largest absolute Gasteiger partial charge is 0.433 e. The molecule has 18 heavy (non-hydrogen) atoms. The fraction of sp³-hybridized carbons (Fsp3) is 0.100. The van der Waals surface area contributed by atoms with Gasteiger partial charge in [0.25, 0.3) is 0 Å². The lowest BCUT2D eigenvalue weighted by atomic mass is 10.3. The maximum absolute atomic E-state index is 12.3. The Kier molecular flexibility index (Phi) is 3.00. The molecule has 0 saturated heterocycles. The Morgan fingerprint density at radius 2 is 1.83 bits per heavy atom. The van der Waals surface area contributed by atoms with Crippen LogP contribution < -0.4 is 11.1 Å². The minimum Gasteiger partial charge on any atom is -0.382 e. The summed E-state index contributed by atoms with van der Waals surface area (Å²) in [6.07, 6.45) is -3.37. The Bertz CT molecular complexity index is 521. The molecule has 0 aliphatic carbocycles. The van der Waals surface area contributed by atoms with Crippen LogP contribution in [0.3, 0.4) is 0 Å². The number of nitrogens with two attached hydrogens (primary N) is 1. The van der Waals surface area contributed by atoms with Gasteiger partial charge in [-0.05, 0) is 24.3 Å². The van der Waals surface area contributed by atoms with E-state index in [0.717, 1.165) is 12.3 Å². The van der Waals surface area contributed by atoms with Crippen molar-refractivity contribution in [3.05, 3.63) is 36.2 Å². The summed E-state index contributed by atoms with van der Waals surface area (Å²) in [5, 5.41) is 10.1. The van der Waals surface area contributed by atoms with E-state index in [0.29, 0.717) is 11.5 Å². The van der Waals surface area contributed by atoms with E-state index in [9.17, 15) is 13.2 Å². The third-order valence-corrected chi connectivity index (χ3v) is 2.01. The van der Waals surface area contributed by atoms with E-state index in [4.69, 9.17) is 5.73 Å². The van der Waals surface area contributed by atoms with Crippen molar-refractivity contribution in [2.75, 3.05) is 11.1 Å². The first kappa shape index (κ1) is 12.1. The molecule has 0 atom stereocenters. The predicted octanol–water partition coefficient (Wildman–Crippen LogP) is 2.22. The van der Waals surface area contributed by atoms with Crippen LogP contribution in [0.5, 0.6) is 0 Å². The lowest BCUT2D eigenvalue weighted by molar-refractivity contribution is -0.141. The smallest absolute Gasteiger partial charge is 0.382 e. The van der Waals surface area contributed by atoms with E-state index < -0.39 is 11.9 Å². The van der Waals surface area contributed by atoms with Crippen molar-refractivity contribution in [3.8, 4) is 0 Å². The average molecular weight is 255 g/mol. The van der Waals surface area contributed by atoms with Crippen molar-refractivity contribution < 1.29 is 13.2 Å². The summed E-state index contributed by atoms with van der Waals surface area (Å²) in [5.74, 6) is 0.622. The zero-order chi connectivity index (χ0) is 13.2. The first-order valence-electron chi connectivity index (χ1n) is 4.84. The molecule has 0 saturated carbocycles. The number of anilines is 3. The molecule has 0 radical (unpaired) electrons. The monoisotopic (exact) mass is 255 g/mol. The highest BCUT2D eigenvalue weighted by Gasteiger charge is 2.31. The summed E-state index contributed by atoms with van der Waals surface area (Å²) >= 11 is 0. The zero-order valence-electron chi connectivity index (χ0n) is 8.94. The number of alkyl halides is 3. The summed E-state index contributed by atoms with van der Waals surface area (Å²) in [4.78, 5) is 3.30. The summed E-state index contributed by atoms with van der Waals surface area (Å²) in [7, 11) is 0. The third kappa shape index (κ3) is 2.84. The normalized spacial score (nSPS) is 11.3. The number of aromatic nitrogens is 3. The number of pyridine rings is 1. The quantitative estimate of drug-likeness (QED) is 0.860. The molecule has 5 nitrogen and oxygen atoms in total. The highest BCUT2D eigenvalue weighted by Crippen LogP contribution is 2.28. The first-order valence-corrected chi connectivity index (χ1v) is 4.84. The lowest BCUT2D eigenvalue weighted by Crippen LogP contribution is -2.07. The van der Waals surface area contributed by atoms with Gasteiger partial charge in [-0.15, -0.1) is 10.2 Å². The van der Waals surface area contributed by atoms with Gasteiger partial charge in [0.2, 0.25) is 0 Å². The standard InChI is InChI=1S/C10H8F3N5/c11-10(12,13)7-2-1-6(5-15-7)16-9-4-3-8(14)17-18-9/h1-5H,(H2,14,17)(H,16,18). The van der Waals surface area contributed by atoms with Gasteiger partial charge in [0, 0.05) is 0 Å². The molecule has 0 aliphatic rings. The van der Waals surface area contributed by atoms with Crippen molar-refractivity contribution in [3.63, 3.8) is 0 Å². The van der Waals surface area contributed by atoms with Gasteiger partial charge >= 0.3 is 6.18 Å². The Morgan fingerprint density at radius 3 is 2.33 bits per heavy atom. The van der Waals surface area contributed by atoms with Crippen LogP contribution in [0.1, 0.15) is 5.69 Å². The molecule has 0 unspecified atom stereocenters. The summed E-state index contributed by atoms with van der Waals surface area (Å²) in [6, 6.07) is 5.22. The van der Waals surface area contributed by atoms with Crippen molar-refractivity contribution >= 4 is 17.3 Å². The molecular weight excluding hydrogens is 247 g/mol. The minimum atomic E-state index is -4.44. The van der Waals surface area contributed by atoms with Gasteiger partial charge < -0.3 is 11.1 Å². The second kappa shape index (κ2) is 4.47. The van der Waals surface area contributed by atoms with E-state index in [1.54, 1.807) is 6.07 Å². The zero-order valence-corrected chi connectivity index (χ0v) is 8.94. The van der Waals surface area contributed by atoms with Crippen LogP contribution in [-0.4, -0.2) is 15.2 Å². The second-order valence-electron chi connectivity index (χ2n) is 3.40. The van der Waals surface area contributed by atoms with Crippen LogP contribution in [-0.2, 0) is 6.18 Å². The number of hydrogen-bond acceptors (Lipinski definition) is 5. The van der Waals surface area contributed by atoms with Gasteiger partial charge in [-0.25, -0.2) is 4.98 Å². The molecule has 0 fully saturated rings. The van der Waals surface area contributed by atoms with Crippen LogP contribution in [0.15, 0.2) is 30.5 Å². The second-order valence-corrected chi connectivity index (χ2v) is 3.40. The van der Waals surface area contributed by atoms with Crippen molar-refractivity contribution in [1.82, 2.24) is 15.2 Å². The first-order chi connectivity index (χ1) is 8.45. The van der Waals surface area contributed by atoms with Crippen LogP contribution in [0.25, 0.3) is 0 Å². The molecule has 2 aromatic rings. The minimum absolute atomic E-state index is 0.256. The molecule has 3 N–H and O–H groups in total. The number of nitrogen functional groups attached to an aromatic ring is 1. The number of halogens is 3. The van der Waals surface area contributed by atoms with Gasteiger partial charge in [0.15, 0.2) is 5.82 Å². The maximum atomic E-state index is 12.3. The highest BCUT2D eigenvalue weighted by atomic mass is 19.4. The Hall–Kier alpha value is -2.38. The van der Waals surface area contributed by atoms with Crippen LogP contribution in [0.2, 0.25) is 0 Å². The van der Waals surface area contributed by atoms with E-state index in [2.05, 4.69) is 20.5 Å². The van der Waals surface area contributed by atoms with Crippen LogP contribution in [0.4, 0.5) is 30.5 Å². The van der Waals surface area contributed by atoms with Crippen LogP contribution >= 0.6 is 0 Å². The number of nitrogens with zero attached hydrogens (tertiary/aromatic N) is 3. The molecular formula is C10H8F3N5. The van der Waals surface area contributed by atoms with Crippen molar-refractivity contribution in [2.24, 2.45) is 0 Å². The number of rotatable bonds is 2. The molecule has 0 amide bonds. The molecule has 0 spiro atoms. The summed E-state index contributed by atoms with van der Waals surface area (Å²) in [6.45, 7) is 0. The molecule has 0 bridgehead atoms. The third-order valence-electron chi connectivity index (χ3n) is 2.01. The molecule has 0 aromatic carbocycles. The van der Waals surface area contributed by atoms with Crippen molar-refractivity contribution in [1.29, 1.82) is 0 Å². The molecule has 0 aliphatic heterocycles. The SMILES string of the molecule is Nc1ccc(Nc2ccc(C(F)(F)F)nc2)nn1. The molecule has 2 rings (SSSR count). The Labute approximate surface area is 99.9 Å². The Morgan fingerprint density at radius 1 is 1.06 bits per heavy atom.